The van der Waals surface area contributed by atoms with Gasteiger partial charge in [0.1, 0.15) is 11.5 Å². The number of alkyl halides is 3. The first kappa shape index (κ1) is 18.8. The molecule has 1 aromatic rings. The average Bonchev–Trinajstić information content (AvgIpc) is 3.11. The van der Waals surface area contributed by atoms with Gasteiger partial charge in [0.15, 0.2) is 0 Å². The molecule has 2 atom stereocenters. The van der Waals surface area contributed by atoms with Crippen molar-refractivity contribution in [1.82, 2.24) is 14.9 Å². The highest BCUT2D eigenvalue weighted by Crippen LogP contribution is 2.43. The van der Waals surface area contributed by atoms with Gasteiger partial charge in [-0.3, -0.25) is 4.79 Å². The fourth-order valence-electron chi connectivity index (χ4n) is 5.31. The molecule has 3 N–H and O–H groups in total. The number of rotatable bonds is 2. The number of nitrogens with zero attached hydrogens (tertiary/aromatic N) is 2. The summed E-state index contributed by atoms with van der Waals surface area (Å²) in [6, 6.07) is 0.246. The van der Waals surface area contributed by atoms with Crippen LogP contribution in [0.4, 0.5) is 13.2 Å². The van der Waals surface area contributed by atoms with Gasteiger partial charge in [-0.15, -0.1) is 0 Å². The fourth-order valence-corrected chi connectivity index (χ4v) is 5.31. The normalized spacial score (nSPS) is 32.5. The third-order valence-electron chi connectivity index (χ3n) is 6.86. The van der Waals surface area contributed by atoms with E-state index >= 15 is 0 Å². The second kappa shape index (κ2) is 7.11. The van der Waals surface area contributed by atoms with Crippen molar-refractivity contribution in [3.8, 4) is 0 Å². The van der Waals surface area contributed by atoms with Crippen molar-refractivity contribution in [2.75, 3.05) is 13.1 Å². The van der Waals surface area contributed by atoms with Crippen LogP contribution in [-0.4, -0.2) is 39.9 Å². The largest absolute Gasteiger partial charge is 0.432 e. The van der Waals surface area contributed by atoms with Crippen molar-refractivity contribution in [1.29, 1.82) is 0 Å². The second-order valence-corrected chi connectivity index (χ2v) is 8.48. The lowest BCUT2D eigenvalue weighted by atomic mass is 9.65. The molecule has 0 aromatic carbocycles. The molecule has 1 aromatic heterocycles. The first-order valence-electron chi connectivity index (χ1n) is 9.99. The fraction of sp³-hybridized carbons (Fsp3) is 0.789. The number of nitrogens with two attached hydrogens (primary N) is 1. The van der Waals surface area contributed by atoms with Crippen molar-refractivity contribution in [2.45, 2.75) is 63.1 Å². The van der Waals surface area contributed by atoms with E-state index in [0.717, 1.165) is 31.9 Å². The highest BCUT2D eigenvalue weighted by molar-refractivity contribution is 5.79. The topological polar surface area (TPSA) is 75.0 Å². The lowest BCUT2D eigenvalue weighted by Gasteiger charge is -2.45. The quantitative estimate of drug-likeness (QED) is 0.822. The Morgan fingerprint density at radius 2 is 1.78 bits per heavy atom. The lowest BCUT2D eigenvalue weighted by Crippen LogP contribution is -2.50. The van der Waals surface area contributed by atoms with Gasteiger partial charge in [-0.25, -0.2) is 4.98 Å². The van der Waals surface area contributed by atoms with Crippen LogP contribution in [0.15, 0.2) is 6.20 Å². The van der Waals surface area contributed by atoms with Crippen molar-refractivity contribution in [2.24, 2.45) is 23.5 Å². The molecule has 3 fully saturated rings. The Bertz CT molecular complexity index is 667. The van der Waals surface area contributed by atoms with Crippen LogP contribution in [0.2, 0.25) is 0 Å². The summed E-state index contributed by atoms with van der Waals surface area (Å²) in [5.74, 6) is 1.54. The Labute approximate surface area is 156 Å². The van der Waals surface area contributed by atoms with Crippen molar-refractivity contribution in [3.05, 3.63) is 17.7 Å². The summed E-state index contributed by atoms with van der Waals surface area (Å²) in [6.07, 6.45) is 3.02. The van der Waals surface area contributed by atoms with Crippen molar-refractivity contribution < 1.29 is 18.0 Å². The number of fused-ring (bicyclic) bond motifs is 2. The molecule has 4 rings (SSSR count). The molecule has 0 radical (unpaired) electrons. The zero-order valence-electron chi connectivity index (χ0n) is 15.3. The number of imidazole rings is 1. The van der Waals surface area contributed by atoms with Gasteiger partial charge in [0, 0.05) is 31.0 Å². The second-order valence-electron chi connectivity index (χ2n) is 8.48. The van der Waals surface area contributed by atoms with Crippen LogP contribution in [0.5, 0.6) is 0 Å². The first-order chi connectivity index (χ1) is 12.8. The molecule has 1 aliphatic heterocycles. The Kier molecular flexibility index (Phi) is 4.94. The minimum atomic E-state index is -4.40. The van der Waals surface area contributed by atoms with Gasteiger partial charge in [0.25, 0.3) is 0 Å². The summed E-state index contributed by atoms with van der Waals surface area (Å²) >= 11 is 0. The minimum absolute atomic E-state index is 0.0516. The highest BCUT2D eigenvalue weighted by Gasteiger charge is 2.42. The number of carbonyl (C=O) groups is 1. The molecule has 8 heteroatoms. The Morgan fingerprint density at radius 3 is 2.33 bits per heavy atom. The number of aromatic nitrogens is 2. The molecule has 5 nitrogen and oxygen atoms in total. The Hall–Kier alpha value is -1.57. The number of hydrogen-bond acceptors (Lipinski definition) is 3. The van der Waals surface area contributed by atoms with Gasteiger partial charge in [-0.1, -0.05) is 6.42 Å². The zero-order chi connectivity index (χ0) is 19.2. The van der Waals surface area contributed by atoms with Crippen LogP contribution in [0.3, 0.4) is 0 Å². The maximum atomic E-state index is 13.0. The summed E-state index contributed by atoms with van der Waals surface area (Å²) in [6.45, 7) is 1.17. The molecule has 27 heavy (non-hydrogen) atoms. The van der Waals surface area contributed by atoms with E-state index in [9.17, 15) is 18.0 Å². The molecular formula is C19H27F3N4O. The van der Waals surface area contributed by atoms with E-state index < -0.39 is 11.9 Å². The smallest absolute Gasteiger partial charge is 0.342 e. The summed E-state index contributed by atoms with van der Waals surface area (Å²) in [5.41, 5.74) is 5.52. The number of amides is 1. The van der Waals surface area contributed by atoms with Crippen LogP contribution in [-0.2, 0) is 11.0 Å². The van der Waals surface area contributed by atoms with E-state index in [0.29, 0.717) is 43.6 Å². The molecule has 3 aliphatic rings. The number of carbonyl (C=O) groups excluding carboxylic acids is 1. The monoisotopic (exact) mass is 384 g/mol. The standard InChI is InChI=1S/C19H27F3N4O/c20-19(21,22)15-10-24-17(25-15)11-4-6-26(7-5-11)18(27)14-8-12-2-1-3-13(9-14)16(12)23/h10-14,16H,1-9,23H2,(H,24,25). The molecule has 1 amide bonds. The van der Waals surface area contributed by atoms with Crippen molar-refractivity contribution in [3.63, 3.8) is 0 Å². The minimum Gasteiger partial charge on any atom is -0.342 e. The molecule has 2 saturated carbocycles. The van der Waals surface area contributed by atoms with E-state index in [-0.39, 0.29) is 23.8 Å². The predicted molar refractivity (Wildman–Crippen MR) is 93.7 cm³/mol. The summed E-state index contributed by atoms with van der Waals surface area (Å²) in [5, 5.41) is 0. The van der Waals surface area contributed by atoms with Crippen LogP contribution in [0, 0.1) is 17.8 Å². The van der Waals surface area contributed by atoms with E-state index in [1.807, 2.05) is 4.90 Å². The number of H-pyrrole nitrogens is 1. The number of likely N-dealkylation sites (tertiary alicyclic amines) is 1. The summed E-state index contributed by atoms with van der Waals surface area (Å²) in [4.78, 5) is 21.2. The molecule has 2 heterocycles. The molecule has 2 aliphatic carbocycles. The van der Waals surface area contributed by atoms with Gasteiger partial charge in [0.05, 0.1) is 6.20 Å². The lowest BCUT2D eigenvalue weighted by molar-refractivity contribution is -0.141. The maximum absolute atomic E-state index is 13.0. The van der Waals surface area contributed by atoms with E-state index in [1.165, 1.54) is 6.42 Å². The summed E-state index contributed by atoms with van der Waals surface area (Å²) in [7, 11) is 0. The number of aromatic amines is 1. The van der Waals surface area contributed by atoms with Crippen LogP contribution in [0.25, 0.3) is 0 Å². The van der Waals surface area contributed by atoms with E-state index in [4.69, 9.17) is 5.73 Å². The van der Waals surface area contributed by atoms with Gasteiger partial charge >= 0.3 is 6.18 Å². The third-order valence-corrected chi connectivity index (χ3v) is 6.86. The average molecular weight is 384 g/mol. The molecule has 150 valence electrons. The van der Waals surface area contributed by atoms with Crippen molar-refractivity contribution >= 4 is 5.91 Å². The third kappa shape index (κ3) is 3.73. The van der Waals surface area contributed by atoms with Gasteiger partial charge in [-0.05, 0) is 50.4 Å². The number of nitrogens with one attached hydrogen (secondary N) is 1. The first-order valence-corrected chi connectivity index (χ1v) is 9.99. The van der Waals surface area contributed by atoms with Crippen LogP contribution >= 0.6 is 0 Å². The molecular weight excluding hydrogens is 357 g/mol. The van der Waals surface area contributed by atoms with Crippen LogP contribution < -0.4 is 5.73 Å². The SMILES string of the molecule is NC1C2CCCC1CC(C(=O)N1CCC(c3ncc(C(F)(F)F)[nH]3)CC1)C2. The maximum Gasteiger partial charge on any atom is 0.432 e. The Morgan fingerprint density at radius 1 is 1.15 bits per heavy atom. The molecule has 0 spiro atoms. The zero-order valence-corrected chi connectivity index (χ0v) is 15.3. The number of hydrogen-bond donors (Lipinski definition) is 2. The molecule has 2 bridgehead atoms. The number of piperidine rings is 1. The highest BCUT2D eigenvalue weighted by atomic mass is 19.4. The predicted octanol–water partition coefficient (Wildman–Crippen LogP) is 3.29. The Balaban J connectivity index is 1.34. The van der Waals surface area contributed by atoms with Gasteiger partial charge in [-0.2, -0.15) is 13.2 Å². The van der Waals surface area contributed by atoms with Crippen LogP contribution in [0.1, 0.15) is 62.4 Å². The molecule has 1 saturated heterocycles. The van der Waals surface area contributed by atoms with Gasteiger partial charge in [0.2, 0.25) is 5.91 Å². The van der Waals surface area contributed by atoms with E-state index in [1.54, 1.807) is 0 Å². The summed E-state index contributed by atoms with van der Waals surface area (Å²) < 4.78 is 38.2. The number of halogens is 3. The van der Waals surface area contributed by atoms with E-state index in [2.05, 4.69) is 9.97 Å². The van der Waals surface area contributed by atoms with Gasteiger partial charge < -0.3 is 15.6 Å². The molecule has 2 unspecified atom stereocenters.